The zero-order valence-corrected chi connectivity index (χ0v) is 11.8. The first-order valence-electron chi connectivity index (χ1n) is 7.12. The fourth-order valence-electron chi connectivity index (χ4n) is 3.36. The first-order chi connectivity index (χ1) is 9.22. The molecule has 3 rings (SSSR count). The van der Waals surface area contributed by atoms with Gasteiger partial charge < -0.3 is 5.32 Å². The minimum Gasteiger partial charge on any atom is -0.314 e. The molecule has 2 aliphatic heterocycles. The molecule has 19 heavy (non-hydrogen) atoms. The van der Waals surface area contributed by atoms with Crippen LogP contribution in [0.15, 0.2) is 18.2 Å². The first kappa shape index (κ1) is 13.3. The average molecular weight is 283 g/mol. The Hall–Kier alpha value is -0.640. The third-order valence-electron chi connectivity index (χ3n) is 4.37. The van der Waals surface area contributed by atoms with Gasteiger partial charge in [0.05, 0.1) is 5.02 Å². The number of halogens is 2. The number of nitrogens with one attached hydrogen (secondary N) is 1. The SMILES string of the molecule is Fc1ccc(CN2CCC3NCCCC3C2)cc1Cl. The fraction of sp³-hybridized carbons (Fsp3) is 0.600. The Morgan fingerprint density at radius 2 is 2.26 bits per heavy atom. The molecule has 0 aliphatic carbocycles. The number of fused-ring (bicyclic) bond motifs is 1. The number of likely N-dealkylation sites (tertiary alicyclic amines) is 1. The summed E-state index contributed by atoms with van der Waals surface area (Å²) in [4.78, 5) is 2.47. The quantitative estimate of drug-likeness (QED) is 0.897. The highest BCUT2D eigenvalue weighted by atomic mass is 35.5. The molecule has 2 atom stereocenters. The number of rotatable bonds is 2. The predicted molar refractivity (Wildman–Crippen MR) is 75.8 cm³/mol. The maximum Gasteiger partial charge on any atom is 0.141 e. The van der Waals surface area contributed by atoms with Gasteiger partial charge in [0, 0.05) is 19.1 Å². The number of hydrogen-bond acceptors (Lipinski definition) is 2. The van der Waals surface area contributed by atoms with Crippen LogP contribution in [0.4, 0.5) is 4.39 Å². The molecule has 0 amide bonds. The van der Waals surface area contributed by atoms with Crippen LogP contribution in [-0.2, 0) is 6.54 Å². The third kappa shape index (κ3) is 3.10. The van der Waals surface area contributed by atoms with Crippen molar-refractivity contribution in [2.75, 3.05) is 19.6 Å². The summed E-state index contributed by atoms with van der Waals surface area (Å²) in [5.74, 6) is 0.444. The van der Waals surface area contributed by atoms with Gasteiger partial charge in [0.15, 0.2) is 0 Å². The van der Waals surface area contributed by atoms with Gasteiger partial charge >= 0.3 is 0 Å². The largest absolute Gasteiger partial charge is 0.314 e. The molecule has 0 bridgehead atoms. The average Bonchev–Trinajstić information content (AvgIpc) is 2.43. The van der Waals surface area contributed by atoms with E-state index < -0.39 is 0 Å². The summed E-state index contributed by atoms with van der Waals surface area (Å²) in [5.41, 5.74) is 1.11. The Kier molecular flexibility index (Phi) is 4.06. The maximum atomic E-state index is 13.1. The van der Waals surface area contributed by atoms with E-state index in [1.807, 2.05) is 6.07 Å². The van der Waals surface area contributed by atoms with E-state index in [-0.39, 0.29) is 10.8 Å². The van der Waals surface area contributed by atoms with E-state index in [4.69, 9.17) is 11.6 Å². The molecular weight excluding hydrogens is 263 g/mol. The second kappa shape index (κ2) is 5.78. The summed E-state index contributed by atoms with van der Waals surface area (Å²) >= 11 is 5.84. The number of benzene rings is 1. The summed E-state index contributed by atoms with van der Waals surface area (Å²) < 4.78 is 13.1. The van der Waals surface area contributed by atoms with Crippen LogP contribution in [0.1, 0.15) is 24.8 Å². The molecule has 0 aromatic heterocycles. The number of nitrogens with zero attached hydrogens (tertiary/aromatic N) is 1. The molecule has 0 radical (unpaired) electrons. The summed E-state index contributed by atoms with van der Waals surface area (Å²) in [6, 6.07) is 5.77. The minimum atomic E-state index is -0.333. The number of piperidine rings is 2. The highest BCUT2D eigenvalue weighted by Gasteiger charge is 2.30. The molecule has 4 heteroatoms. The van der Waals surface area contributed by atoms with Gasteiger partial charge in [-0.05, 0) is 56.0 Å². The van der Waals surface area contributed by atoms with Crippen LogP contribution in [0.2, 0.25) is 5.02 Å². The van der Waals surface area contributed by atoms with E-state index in [0.717, 1.165) is 31.1 Å². The van der Waals surface area contributed by atoms with E-state index in [0.29, 0.717) is 6.04 Å². The lowest BCUT2D eigenvalue weighted by atomic mass is 9.85. The Morgan fingerprint density at radius 3 is 3.11 bits per heavy atom. The van der Waals surface area contributed by atoms with Crippen molar-refractivity contribution in [2.45, 2.75) is 31.8 Å². The van der Waals surface area contributed by atoms with Gasteiger partial charge in [0.1, 0.15) is 5.82 Å². The van der Waals surface area contributed by atoms with Gasteiger partial charge in [0.25, 0.3) is 0 Å². The van der Waals surface area contributed by atoms with Crippen LogP contribution in [0.25, 0.3) is 0 Å². The standard InChI is InChI=1S/C15H20ClFN2/c16-13-8-11(3-4-14(13)17)9-19-7-5-15-12(10-19)2-1-6-18-15/h3-4,8,12,15,18H,1-2,5-7,9-10H2. The lowest BCUT2D eigenvalue weighted by molar-refractivity contribution is 0.109. The van der Waals surface area contributed by atoms with Crippen molar-refractivity contribution in [2.24, 2.45) is 5.92 Å². The molecule has 2 aliphatic rings. The maximum absolute atomic E-state index is 13.1. The van der Waals surface area contributed by atoms with Crippen molar-refractivity contribution in [3.8, 4) is 0 Å². The Bertz CT molecular complexity index is 452. The van der Waals surface area contributed by atoms with Crippen molar-refractivity contribution in [3.63, 3.8) is 0 Å². The third-order valence-corrected chi connectivity index (χ3v) is 4.66. The molecule has 0 saturated carbocycles. The van der Waals surface area contributed by atoms with Gasteiger partial charge in [-0.3, -0.25) is 4.90 Å². The molecule has 2 unspecified atom stereocenters. The lowest BCUT2D eigenvalue weighted by Gasteiger charge is -2.41. The lowest BCUT2D eigenvalue weighted by Crippen LogP contribution is -2.51. The highest BCUT2D eigenvalue weighted by Crippen LogP contribution is 2.26. The summed E-state index contributed by atoms with van der Waals surface area (Å²) in [7, 11) is 0. The second-order valence-electron chi connectivity index (χ2n) is 5.74. The van der Waals surface area contributed by atoms with Crippen LogP contribution in [0, 0.1) is 11.7 Å². The topological polar surface area (TPSA) is 15.3 Å². The smallest absolute Gasteiger partial charge is 0.141 e. The molecule has 1 aromatic rings. The second-order valence-corrected chi connectivity index (χ2v) is 6.14. The van der Waals surface area contributed by atoms with Crippen LogP contribution < -0.4 is 5.32 Å². The van der Waals surface area contributed by atoms with Crippen LogP contribution in [0.3, 0.4) is 0 Å². The van der Waals surface area contributed by atoms with E-state index in [9.17, 15) is 4.39 Å². The molecule has 1 aromatic carbocycles. The molecule has 104 valence electrons. The fourth-order valence-corrected chi connectivity index (χ4v) is 3.56. The van der Waals surface area contributed by atoms with Gasteiger partial charge in [-0.2, -0.15) is 0 Å². The van der Waals surface area contributed by atoms with Gasteiger partial charge in [0.2, 0.25) is 0 Å². The van der Waals surface area contributed by atoms with E-state index in [1.165, 1.54) is 31.9 Å². The van der Waals surface area contributed by atoms with Crippen LogP contribution >= 0.6 is 11.6 Å². The van der Waals surface area contributed by atoms with Crippen molar-refractivity contribution in [1.29, 1.82) is 0 Å². The van der Waals surface area contributed by atoms with Gasteiger partial charge in [-0.1, -0.05) is 17.7 Å². The highest BCUT2D eigenvalue weighted by molar-refractivity contribution is 6.30. The summed E-state index contributed by atoms with van der Waals surface area (Å²) in [5, 5.41) is 3.85. The molecular formula is C15H20ClFN2. The van der Waals surface area contributed by atoms with Gasteiger partial charge in [-0.15, -0.1) is 0 Å². The molecule has 2 heterocycles. The van der Waals surface area contributed by atoms with Crippen molar-refractivity contribution in [3.05, 3.63) is 34.6 Å². The van der Waals surface area contributed by atoms with Crippen molar-refractivity contribution >= 4 is 11.6 Å². The van der Waals surface area contributed by atoms with Crippen molar-refractivity contribution < 1.29 is 4.39 Å². The summed E-state index contributed by atoms with van der Waals surface area (Å²) in [6.07, 6.45) is 3.84. The minimum absolute atomic E-state index is 0.228. The predicted octanol–water partition coefficient (Wildman–Crippen LogP) is 3.05. The van der Waals surface area contributed by atoms with Crippen LogP contribution in [0.5, 0.6) is 0 Å². The monoisotopic (exact) mass is 282 g/mol. The van der Waals surface area contributed by atoms with E-state index in [1.54, 1.807) is 6.07 Å². The first-order valence-corrected chi connectivity index (χ1v) is 7.50. The van der Waals surface area contributed by atoms with E-state index >= 15 is 0 Å². The normalized spacial score (nSPS) is 28.1. The Labute approximate surface area is 118 Å². The Balaban J connectivity index is 1.62. The zero-order chi connectivity index (χ0) is 13.2. The molecule has 1 N–H and O–H groups in total. The molecule has 2 saturated heterocycles. The molecule has 2 nitrogen and oxygen atoms in total. The zero-order valence-electron chi connectivity index (χ0n) is 11.0. The number of hydrogen-bond donors (Lipinski definition) is 1. The van der Waals surface area contributed by atoms with Crippen LogP contribution in [-0.4, -0.2) is 30.6 Å². The summed E-state index contributed by atoms with van der Waals surface area (Å²) in [6.45, 7) is 4.31. The van der Waals surface area contributed by atoms with Gasteiger partial charge in [-0.25, -0.2) is 4.39 Å². The molecule has 0 spiro atoms. The Morgan fingerprint density at radius 1 is 1.37 bits per heavy atom. The van der Waals surface area contributed by atoms with Crippen molar-refractivity contribution in [1.82, 2.24) is 10.2 Å². The van der Waals surface area contributed by atoms with E-state index in [2.05, 4.69) is 10.2 Å². The molecule has 2 fully saturated rings.